The van der Waals surface area contributed by atoms with Crippen molar-refractivity contribution >= 4 is 11.4 Å². The van der Waals surface area contributed by atoms with Gasteiger partial charge < -0.3 is 10.2 Å². The van der Waals surface area contributed by atoms with Gasteiger partial charge in [0.25, 0.3) is 0 Å². The molecule has 0 saturated heterocycles. The van der Waals surface area contributed by atoms with Crippen LogP contribution in [0.15, 0.2) is 0 Å². The summed E-state index contributed by atoms with van der Waals surface area (Å²) >= 11 is -2.33. The van der Waals surface area contributed by atoms with Crippen LogP contribution in [0.3, 0.4) is 0 Å². The summed E-state index contributed by atoms with van der Waals surface area (Å²) in [6.07, 6.45) is 21.2. The number of hydrogen-bond acceptors (Lipinski definition) is 3. The molecule has 0 aliphatic rings. The Hall–Kier alpha value is 0.667. The summed E-state index contributed by atoms with van der Waals surface area (Å²) in [6.45, 7) is 2.61. The minimum absolute atomic E-state index is 0. The molecule has 0 bridgehead atoms. The van der Waals surface area contributed by atoms with Crippen LogP contribution in [-0.2, 0) is 15.5 Å². The molecular formula is C18H38LiO3S-. The third-order valence-electron chi connectivity index (χ3n) is 4.18. The first-order chi connectivity index (χ1) is 10.8. The molecule has 0 heterocycles. The molecule has 1 atom stereocenters. The number of rotatable bonds is 18. The zero-order valence-corrected chi connectivity index (χ0v) is 16.5. The van der Waals surface area contributed by atoms with Gasteiger partial charge in [0.1, 0.15) is 0 Å². The van der Waals surface area contributed by atoms with E-state index in [1.54, 1.807) is 0 Å². The second-order valence-corrected chi connectivity index (χ2v) is 6.97. The summed E-state index contributed by atoms with van der Waals surface area (Å²) in [5.74, 6) is 0. The molecule has 0 aromatic rings. The van der Waals surface area contributed by atoms with Gasteiger partial charge in [-0.2, -0.15) is 0 Å². The summed E-state index contributed by atoms with van der Waals surface area (Å²) in [5.41, 5.74) is 0. The quantitative estimate of drug-likeness (QED) is 0.219. The fraction of sp³-hybridized carbons (Fsp3) is 1.00. The molecule has 23 heavy (non-hydrogen) atoms. The van der Waals surface area contributed by atoms with Crippen LogP contribution in [-0.4, -0.2) is 15.4 Å². The smallest absolute Gasteiger partial charge is 1.00 e. The third-order valence-corrected chi connectivity index (χ3v) is 4.54. The molecule has 0 N–H and O–H groups in total. The van der Waals surface area contributed by atoms with Crippen molar-refractivity contribution in [3.63, 3.8) is 0 Å². The first kappa shape index (κ1) is 25.9. The number of unbranched alkanes of at least 4 members (excludes halogenated alkanes) is 15. The molecule has 0 fully saturated rings. The predicted molar refractivity (Wildman–Crippen MR) is 95.5 cm³/mol. The molecule has 0 aliphatic carbocycles. The fourth-order valence-corrected chi connectivity index (χ4v) is 3.03. The monoisotopic (exact) mass is 341 g/mol. The molecule has 0 radical (unpaired) electrons. The Kier molecular flexibility index (Phi) is 25.5. The van der Waals surface area contributed by atoms with E-state index >= 15 is 0 Å². The van der Waals surface area contributed by atoms with E-state index in [0.717, 1.165) is 12.8 Å². The first-order valence-electron chi connectivity index (χ1n) is 9.50. The van der Waals surface area contributed by atoms with Crippen molar-refractivity contribution in [3.8, 4) is 0 Å². The maximum Gasteiger partial charge on any atom is 1.00 e. The maximum atomic E-state index is 10.1. The number of hydrogen-bond donors (Lipinski definition) is 0. The molecular weight excluding hydrogens is 303 g/mol. The maximum absolute atomic E-state index is 10.1. The standard InChI is InChI=1S/C18H38O3S.Li.H/c1-2-3-4-5-6-7-8-9-10-11-12-13-14-15-16-17-18-21-22(19)20;;/h2-18H2,1H3,(H,19,20);;/q;+1;-1/p-1. The Morgan fingerprint density at radius 3 is 1.30 bits per heavy atom. The third kappa shape index (κ3) is 25.0. The van der Waals surface area contributed by atoms with Gasteiger partial charge in [-0.3, -0.25) is 0 Å². The molecule has 0 rings (SSSR count). The van der Waals surface area contributed by atoms with Crippen molar-refractivity contribution in [1.82, 2.24) is 0 Å². The summed E-state index contributed by atoms with van der Waals surface area (Å²) in [7, 11) is 0. The molecule has 0 amide bonds. The molecule has 5 heteroatoms. The molecule has 3 nitrogen and oxygen atoms in total. The van der Waals surface area contributed by atoms with Gasteiger partial charge in [0.2, 0.25) is 0 Å². The first-order valence-corrected chi connectivity index (χ1v) is 10.5. The molecule has 0 saturated carbocycles. The fourth-order valence-electron chi connectivity index (χ4n) is 2.78. The zero-order valence-electron chi connectivity index (χ0n) is 16.7. The van der Waals surface area contributed by atoms with Gasteiger partial charge in [0.05, 0.1) is 18.0 Å². The van der Waals surface area contributed by atoms with Gasteiger partial charge in [-0.1, -0.05) is 103 Å². The molecule has 136 valence electrons. The van der Waals surface area contributed by atoms with Gasteiger partial charge in [-0.25, -0.2) is 4.21 Å². The van der Waals surface area contributed by atoms with Crippen LogP contribution in [0.2, 0.25) is 0 Å². The normalized spacial score (nSPS) is 12.1. The van der Waals surface area contributed by atoms with Gasteiger partial charge in [-0.15, -0.1) is 0 Å². The van der Waals surface area contributed by atoms with Crippen LogP contribution < -0.4 is 18.9 Å². The van der Waals surface area contributed by atoms with Crippen molar-refractivity contribution in [2.45, 2.75) is 110 Å². The van der Waals surface area contributed by atoms with E-state index in [-0.39, 0.29) is 20.3 Å². The van der Waals surface area contributed by atoms with Crippen molar-refractivity contribution in [2.75, 3.05) is 6.61 Å². The van der Waals surface area contributed by atoms with Gasteiger partial charge >= 0.3 is 18.9 Å². The second-order valence-electron chi connectivity index (χ2n) is 6.33. The topological polar surface area (TPSA) is 49.4 Å². The van der Waals surface area contributed by atoms with Crippen molar-refractivity contribution in [1.29, 1.82) is 0 Å². The van der Waals surface area contributed by atoms with Crippen molar-refractivity contribution < 1.29 is 33.2 Å². The molecule has 0 aromatic carbocycles. The van der Waals surface area contributed by atoms with E-state index in [1.165, 1.54) is 89.9 Å². The van der Waals surface area contributed by atoms with Crippen LogP contribution in [0.5, 0.6) is 0 Å². The van der Waals surface area contributed by atoms with Crippen molar-refractivity contribution in [3.05, 3.63) is 0 Å². The average molecular weight is 342 g/mol. The minimum Gasteiger partial charge on any atom is -1.00 e. The molecule has 1 unspecified atom stereocenters. The van der Waals surface area contributed by atoms with Gasteiger partial charge in [0, 0.05) is 0 Å². The molecule has 0 spiro atoms. The minimum atomic E-state index is -2.33. The van der Waals surface area contributed by atoms with Crippen LogP contribution in [0.1, 0.15) is 111 Å². The van der Waals surface area contributed by atoms with E-state index in [4.69, 9.17) is 0 Å². The largest absolute Gasteiger partial charge is 1.00 e. The average Bonchev–Trinajstić information content (AvgIpc) is 2.50. The summed E-state index contributed by atoms with van der Waals surface area (Å²) in [5, 5.41) is 0. The Bertz CT molecular complexity index is 246. The Morgan fingerprint density at radius 1 is 0.696 bits per heavy atom. The van der Waals surface area contributed by atoms with E-state index in [2.05, 4.69) is 11.1 Å². The van der Waals surface area contributed by atoms with Gasteiger partial charge in [-0.05, 0) is 6.42 Å². The van der Waals surface area contributed by atoms with E-state index in [0.29, 0.717) is 6.61 Å². The van der Waals surface area contributed by atoms with E-state index in [1.807, 2.05) is 0 Å². The summed E-state index contributed by atoms with van der Waals surface area (Å²) in [6, 6.07) is 0. The van der Waals surface area contributed by atoms with Crippen LogP contribution >= 0.6 is 0 Å². The SMILES string of the molecule is CCCCCCCCCCCCCCCCCCOS(=O)[O-].[H-].[Li+]. The zero-order chi connectivity index (χ0) is 16.3. The summed E-state index contributed by atoms with van der Waals surface area (Å²) in [4.78, 5) is 0. The van der Waals surface area contributed by atoms with Gasteiger partial charge in [0.15, 0.2) is 0 Å². The van der Waals surface area contributed by atoms with E-state index < -0.39 is 11.4 Å². The molecule has 0 aromatic heterocycles. The van der Waals surface area contributed by atoms with E-state index in [9.17, 15) is 8.76 Å². The van der Waals surface area contributed by atoms with Crippen molar-refractivity contribution in [2.24, 2.45) is 0 Å². The Morgan fingerprint density at radius 2 is 1.00 bits per heavy atom. The van der Waals surface area contributed by atoms with Crippen LogP contribution in [0.4, 0.5) is 0 Å². The molecule has 0 aliphatic heterocycles. The predicted octanol–water partition coefficient (Wildman–Crippen LogP) is 3.18. The Balaban J connectivity index is -0.00000220. The van der Waals surface area contributed by atoms with Crippen LogP contribution in [0.25, 0.3) is 0 Å². The Labute approximate surface area is 160 Å². The van der Waals surface area contributed by atoms with Crippen LogP contribution in [0, 0.1) is 0 Å². The summed E-state index contributed by atoms with van der Waals surface area (Å²) < 4.78 is 24.8. The second kappa shape index (κ2) is 22.7.